The van der Waals surface area contributed by atoms with Crippen LogP contribution in [0, 0.1) is 29.6 Å². The molecule has 17 unspecified atom stereocenters. The first-order valence-corrected chi connectivity index (χ1v) is 27.5. The Morgan fingerprint density at radius 1 is 0.753 bits per heavy atom. The van der Waals surface area contributed by atoms with Gasteiger partial charge >= 0.3 is 0 Å². The second-order valence-corrected chi connectivity index (χ2v) is 22.1. The molecule has 2 saturated heterocycles. The number of Topliss-reactive ketones (excluding diaryl/α,β-unsaturated/α-hetero) is 1. The van der Waals surface area contributed by atoms with Crippen LogP contribution in [0.25, 0.3) is 0 Å². The van der Waals surface area contributed by atoms with E-state index in [1.807, 2.05) is 0 Å². The zero-order valence-corrected chi connectivity index (χ0v) is 45.2. The Morgan fingerprint density at radius 2 is 1.39 bits per heavy atom. The van der Waals surface area contributed by atoms with Crippen LogP contribution in [0.2, 0.25) is 0 Å². The predicted octanol–water partition coefficient (Wildman–Crippen LogP) is -0.291. The number of aliphatic hydroxyl groups is 7. The summed E-state index contributed by atoms with van der Waals surface area (Å²) in [5, 5.41) is 100. The number of carbonyl (C=O) groups excluding carboxylic acids is 8. The lowest BCUT2D eigenvalue weighted by Crippen LogP contribution is -2.62. The van der Waals surface area contributed by atoms with E-state index >= 15 is 0 Å². The number of aliphatic hydroxyl groups excluding tert-OH is 7. The van der Waals surface area contributed by atoms with Crippen molar-refractivity contribution in [3.05, 3.63) is 29.8 Å². The minimum absolute atomic E-state index is 0.0239. The number of phenols is 1. The molecular formula is C54H87N7O16. The number of primary amides is 1. The van der Waals surface area contributed by atoms with Crippen molar-refractivity contribution in [1.29, 1.82) is 0 Å². The highest BCUT2D eigenvalue weighted by atomic mass is 16.3. The maximum Gasteiger partial charge on any atom is 0.248 e. The first-order valence-electron chi connectivity index (χ1n) is 27.5. The van der Waals surface area contributed by atoms with Crippen molar-refractivity contribution in [3.63, 3.8) is 0 Å². The number of benzene rings is 1. The lowest BCUT2D eigenvalue weighted by molar-refractivity contribution is -0.148. The van der Waals surface area contributed by atoms with Gasteiger partial charge in [-0.25, -0.2) is 0 Å². The number of unbranched alkanes of at least 4 members (excludes halogenated alkanes) is 5. The second kappa shape index (κ2) is 30.7. The Kier molecular flexibility index (Phi) is 25.6. The number of nitrogens with one attached hydrogen (secondary N) is 5. The third-order valence-corrected chi connectivity index (χ3v) is 15.5. The summed E-state index contributed by atoms with van der Waals surface area (Å²) in [6, 6.07) is -3.96. The van der Waals surface area contributed by atoms with Crippen LogP contribution in [-0.4, -0.2) is 166 Å². The van der Waals surface area contributed by atoms with Crippen LogP contribution in [0.3, 0.4) is 0 Å². The summed E-state index contributed by atoms with van der Waals surface area (Å²) in [7, 11) is 0. The van der Waals surface area contributed by atoms with Gasteiger partial charge in [-0.1, -0.05) is 84.8 Å². The first-order chi connectivity index (χ1) is 36.3. The quantitative estimate of drug-likeness (QED) is 0.0746. The summed E-state index contributed by atoms with van der Waals surface area (Å²) in [6.07, 6.45) is -6.87. The van der Waals surface area contributed by atoms with Gasteiger partial charge in [0.25, 0.3) is 0 Å². The molecule has 0 aromatic heterocycles. The molecule has 434 valence electrons. The largest absolute Gasteiger partial charge is 0.508 e. The van der Waals surface area contributed by atoms with Crippen molar-refractivity contribution >= 4 is 47.1 Å². The summed E-state index contributed by atoms with van der Waals surface area (Å²) < 4.78 is 0. The van der Waals surface area contributed by atoms with Gasteiger partial charge in [0.2, 0.25) is 41.4 Å². The van der Waals surface area contributed by atoms with E-state index in [-0.39, 0.29) is 50.0 Å². The van der Waals surface area contributed by atoms with Crippen LogP contribution in [0.1, 0.15) is 155 Å². The maximum absolute atomic E-state index is 14.6. The van der Waals surface area contributed by atoms with Crippen molar-refractivity contribution in [2.75, 3.05) is 6.54 Å². The Balaban J connectivity index is 1.69. The lowest BCUT2D eigenvalue weighted by Gasteiger charge is -2.34. The molecule has 3 fully saturated rings. The topological polar surface area (TPSA) is 388 Å². The molecule has 15 N–H and O–H groups in total. The van der Waals surface area contributed by atoms with Gasteiger partial charge in [-0.3, -0.25) is 38.4 Å². The number of nitrogens with zero attached hydrogens (tertiary/aromatic N) is 1. The van der Waals surface area contributed by atoms with Gasteiger partial charge in [-0.2, -0.15) is 0 Å². The Hall–Kier alpha value is -5.30. The fourth-order valence-corrected chi connectivity index (χ4v) is 10.8. The van der Waals surface area contributed by atoms with Gasteiger partial charge in [0.15, 0.2) is 12.0 Å². The van der Waals surface area contributed by atoms with Crippen LogP contribution >= 0.6 is 0 Å². The molecular weight excluding hydrogens is 1000 g/mol. The number of phenolic OH excluding ortho intramolecular Hbond substituents is 1. The van der Waals surface area contributed by atoms with E-state index in [9.17, 15) is 79.2 Å². The molecule has 77 heavy (non-hydrogen) atoms. The molecule has 23 heteroatoms. The van der Waals surface area contributed by atoms with E-state index in [4.69, 9.17) is 5.73 Å². The molecule has 1 aliphatic carbocycles. The first kappa shape index (κ1) is 64.2. The molecule has 2 aliphatic heterocycles. The third-order valence-electron chi connectivity index (χ3n) is 15.5. The minimum atomic E-state index is -2.24. The molecule has 2 bridgehead atoms. The number of fused-ring (bicyclic) bond motifs is 3. The van der Waals surface area contributed by atoms with E-state index in [0.29, 0.717) is 24.7 Å². The van der Waals surface area contributed by atoms with Gasteiger partial charge in [0.05, 0.1) is 36.9 Å². The van der Waals surface area contributed by atoms with Crippen LogP contribution < -0.4 is 32.3 Å². The summed E-state index contributed by atoms with van der Waals surface area (Å²) >= 11 is 0. The molecule has 23 nitrogen and oxygen atoms in total. The van der Waals surface area contributed by atoms with Crippen molar-refractivity contribution in [2.45, 2.75) is 217 Å². The maximum atomic E-state index is 14.6. The third kappa shape index (κ3) is 19.5. The van der Waals surface area contributed by atoms with E-state index < -0.39 is 157 Å². The van der Waals surface area contributed by atoms with Crippen LogP contribution in [0.4, 0.5) is 0 Å². The zero-order chi connectivity index (χ0) is 57.3. The smallest absolute Gasteiger partial charge is 0.248 e. The van der Waals surface area contributed by atoms with Crippen molar-refractivity contribution in [3.8, 4) is 5.75 Å². The van der Waals surface area contributed by atoms with Crippen molar-refractivity contribution < 1.29 is 79.2 Å². The fourth-order valence-electron chi connectivity index (χ4n) is 10.8. The van der Waals surface area contributed by atoms with Crippen molar-refractivity contribution in [1.82, 2.24) is 31.5 Å². The molecule has 0 spiro atoms. The molecule has 1 aromatic rings. The highest BCUT2D eigenvalue weighted by molar-refractivity contribution is 5.97. The number of carbonyl (C=O) groups is 8. The van der Waals surface area contributed by atoms with E-state index in [1.165, 1.54) is 37.6 Å². The average molecular weight is 1090 g/mol. The molecule has 1 aromatic carbocycles. The highest BCUT2D eigenvalue weighted by Crippen LogP contribution is 2.35. The van der Waals surface area contributed by atoms with Gasteiger partial charge < -0.3 is 78.1 Å². The minimum Gasteiger partial charge on any atom is -0.508 e. The highest BCUT2D eigenvalue weighted by Gasteiger charge is 2.47. The van der Waals surface area contributed by atoms with Gasteiger partial charge in [0, 0.05) is 37.6 Å². The van der Waals surface area contributed by atoms with E-state index in [1.54, 1.807) is 6.92 Å². The number of hydrogen-bond donors (Lipinski definition) is 14. The molecule has 1 saturated carbocycles. The monoisotopic (exact) mass is 1090 g/mol. The van der Waals surface area contributed by atoms with E-state index in [2.05, 4.69) is 47.4 Å². The summed E-state index contributed by atoms with van der Waals surface area (Å²) in [6.45, 7) is 9.20. The Morgan fingerprint density at radius 3 is 2.03 bits per heavy atom. The summed E-state index contributed by atoms with van der Waals surface area (Å²) in [4.78, 5) is 113. The number of amides is 7. The van der Waals surface area contributed by atoms with Crippen LogP contribution in [0.15, 0.2) is 24.3 Å². The molecule has 2 heterocycles. The molecule has 3 aliphatic rings. The fraction of sp³-hybridized carbons (Fsp3) is 0.741. The van der Waals surface area contributed by atoms with Crippen LogP contribution in [0.5, 0.6) is 5.75 Å². The Bertz CT molecular complexity index is 2130. The SMILES string of the molecule is CCC(C)CC(C)CCCCCCCCC(=O)NC1CC(O)C(O)NC(=O)C2C(O)CCN2C(=O)C(C(O)CC(N)=O)NC(=O)C(CC(O)c2ccc(O)cc2)NC(=O)C2CC(O)CC(C)C(C2)C(=O)C(C(C)O)NC1=O. The number of nitrogens with two attached hydrogens (primary N) is 1. The number of aromatic hydroxyl groups is 1. The van der Waals surface area contributed by atoms with Crippen LogP contribution in [-0.2, 0) is 38.4 Å². The number of rotatable bonds is 20. The Labute approximate surface area is 450 Å². The predicted molar refractivity (Wildman–Crippen MR) is 279 cm³/mol. The molecule has 17 atom stereocenters. The molecule has 7 amide bonds. The molecule has 0 radical (unpaired) electrons. The normalized spacial score (nSPS) is 30.4. The standard InChI is InChI=1S/C54H87N7O16/c1-6-28(2)21-29(3)13-11-9-7-8-10-12-14-44(70)56-37-26-42(68)52(75)60-53(76)47-39(65)19-20-61(47)54(77)46(41(67)27-43(55)69)59-51(74)38(25-40(66)32-15-17-34(63)18-16-32)57-49(72)33-23-35(64)22-30(4)36(24-33)48(71)45(31(5)62)58-50(37)73/h15-18,28-31,33,35-42,45-47,52,62-68,75H,6-14,19-27H2,1-5H3,(H2,55,69)(H,56,70)(H,57,72)(H,58,73)(H,59,74)(H,60,76). The van der Waals surface area contributed by atoms with Gasteiger partial charge in [0.1, 0.15) is 42.1 Å². The van der Waals surface area contributed by atoms with E-state index in [0.717, 1.165) is 43.4 Å². The number of hydrogen-bond acceptors (Lipinski definition) is 16. The summed E-state index contributed by atoms with van der Waals surface area (Å²) in [5.74, 6) is -10.1. The zero-order valence-electron chi connectivity index (χ0n) is 45.2. The molecule has 4 rings (SSSR count). The average Bonchev–Trinajstić information content (AvgIpc) is 3.68. The second-order valence-electron chi connectivity index (χ2n) is 22.1. The number of ketones is 1. The summed E-state index contributed by atoms with van der Waals surface area (Å²) in [5.41, 5.74) is 5.55. The van der Waals surface area contributed by atoms with Gasteiger partial charge in [-0.15, -0.1) is 0 Å². The lowest BCUT2D eigenvalue weighted by atomic mass is 9.80. The van der Waals surface area contributed by atoms with Crippen molar-refractivity contribution in [2.24, 2.45) is 35.3 Å². The van der Waals surface area contributed by atoms with Gasteiger partial charge in [-0.05, 0) is 80.9 Å².